The summed E-state index contributed by atoms with van der Waals surface area (Å²) in [5.41, 5.74) is 1.55. The number of rotatable bonds is 8. The molecule has 0 spiro atoms. The Bertz CT molecular complexity index is 1010. The first-order valence-corrected chi connectivity index (χ1v) is 11.0. The lowest BCUT2D eigenvalue weighted by atomic mass is 10.2. The minimum Gasteiger partial charge on any atom is -0.508 e. The van der Waals surface area contributed by atoms with Crippen LogP contribution in [0.25, 0.3) is 11.4 Å². The van der Waals surface area contributed by atoms with E-state index in [-0.39, 0.29) is 23.5 Å². The fourth-order valence-corrected chi connectivity index (χ4v) is 4.13. The van der Waals surface area contributed by atoms with E-state index in [0.29, 0.717) is 17.4 Å². The number of amides is 1. The zero-order valence-electron chi connectivity index (χ0n) is 17.2. The van der Waals surface area contributed by atoms with E-state index in [1.807, 2.05) is 28.8 Å². The van der Waals surface area contributed by atoms with Gasteiger partial charge in [-0.15, -0.1) is 10.2 Å². The number of phenols is 1. The van der Waals surface area contributed by atoms with Crippen molar-refractivity contribution in [2.75, 3.05) is 24.8 Å². The summed E-state index contributed by atoms with van der Waals surface area (Å²) in [5, 5.41) is 21.6. The van der Waals surface area contributed by atoms with Gasteiger partial charge in [-0.3, -0.25) is 9.36 Å². The normalized spacial score (nSPS) is 15.7. The molecule has 2 aromatic carbocycles. The molecule has 0 bridgehead atoms. The number of carbonyl (C=O) groups excluding carboxylic acids is 1. The molecule has 0 saturated carbocycles. The molecule has 0 aliphatic carbocycles. The Balaban J connectivity index is 1.49. The number of aromatic nitrogens is 3. The van der Waals surface area contributed by atoms with E-state index in [2.05, 4.69) is 15.5 Å². The van der Waals surface area contributed by atoms with E-state index in [1.54, 1.807) is 19.2 Å². The molecule has 1 saturated heterocycles. The van der Waals surface area contributed by atoms with Gasteiger partial charge in [-0.25, -0.2) is 0 Å². The minimum absolute atomic E-state index is 0.109. The SMILES string of the molecule is COc1ccc(-c2nnc(SCC(=O)Nc3ccc(O)cc3)n2CC2CCCO2)cc1. The van der Waals surface area contributed by atoms with Crippen LogP contribution in [0.3, 0.4) is 0 Å². The van der Waals surface area contributed by atoms with Gasteiger partial charge in [-0.1, -0.05) is 11.8 Å². The number of carbonyl (C=O) groups is 1. The van der Waals surface area contributed by atoms with Crippen LogP contribution in [0.4, 0.5) is 5.69 Å². The van der Waals surface area contributed by atoms with E-state index in [9.17, 15) is 9.90 Å². The largest absolute Gasteiger partial charge is 0.508 e. The maximum absolute atomic E-state index is 12.4. The Kier molecular flexibility index (Phi) is 6.73. The van der Waals surface area contributed by atoms with Gasteiger partial charge < -0.3 is 19.9 Å². The topological polar surface area (TPSA) is 98.5 Å². The highest BCUT2D eigenvalue weighted by Crippen LogP contribution is 2.28. The number of methoxy groups -OCH3 is 1. The molecule has 1 unspecified atom stereocenters. The van der Waals surface area contributed by atoms with Crippen LogP contribution >= 0.6 is 11.8 Å². The van der Waals surface area contributed by atoms with Gasteiger partial charge in [0.1, 0.15) is 11.5 Å². The number of ether oxygens (including phenoxy) is 2. The van der Waals surface area contributed by atoms with Crippen LogP contribution in [0.5, 0.6) is 11.5 Å². The molecule has 1 amide bonds. The first kappa shape index (κ1) is 21.2. The van der Waals surface area contributed by atoms with E-state index < -0.39 is 0 Å². The number of thioether (sulfide) groups is 1. The number of aromatic hydroxyl groups is 1. The quantitative estimate of drug-likeness (QED) is 0.408. The second-order valence-corrected chi connectivity index (χ2v) is 8.11. The van der Waals surface area contributed by atoms with Crippen molar-refractivity contribution in [1.29, 1.82) is 0 Å². The number of nitrogens with zero attached hydrogens (tertiary/aromatic N) is 3. The van der Waals surface area contributed by atoms with Crippen molar-refractivity contribution in [3.63, 3.8) is 0 Å². The van der Waals surface area contributed by atoms with Crippen molar-refractivity contribution >= 4 is 23.4 Å². The number of phenolic OH excluding ortho intramolecular Hbond substituents is 1. The Morgan fingerprint density at radius 2 is 2.00 bits per heavy atom. The first-order valence-electron chi connectivity index (χ1n) is 10.0. The molecule has 31 heavy (non-hydrogen) atoms. The molecular weight excluding hydrogens is 416 g/mol. The van der Waals surface area contributed by atoms with Crippen LogP contribution in [0.1, 0.15) is 12.8 Å². The van der Waals surface area contributed by atoms with Gasteiger partial charge in [0.15, 0.2) is 11.0 Å². The Morgan fingerprint density at radius 3 is 2.68 bits per heavy atom. The lowest BCUT2D eigenvalue weighted by Gasteiger charge is -2.15. The van der Waals surface area contributed by atoms with Gasteiger partial charge in [0.05, 0.1) is 25.5 Å². The third kappa shape index (κ3) is 5.36. The second-order valence-electron chi connectivity index (χ2n) is 7.16. The zero-order chi connectivity index (χ0) is 21.6. The maximum atomic E-state index is 12.4. The van der Waals surface area contributed by atoms with Crippen LogP contribution in [-0.4, -0.2) is 51.4 Å². The molecule has 1 atom stereocenters. The summed E-state index contributed by atoms with van der Waals surface area (Å²) < 4.78 is 13.1. The molecule has 0 radical (unpaired) electrons. The third-order valence-corrected chi connectivity index (χ3v) is 5.93. The van der Waals surface area contributed by atoms with Gasteiger partial charge in [0, 0.05) is 17.9 Å². The van der Waals surface area contributed by atoms with Crippen molar-refractivity contribution in [3.8, 4) is 22.9 Å². The molecule has 162 valence electrons. The molecule has 1 aliphatic heterocycles. The molecule has 2 N–H and O–H groups in total. The second kappa shape index (κ2) is 9.84. The summed E-state index contributed by atoms with van der Waals surface area (Å²) in [6.07, 6.45) is 2.14. The third-order valence-electron chi connectivity index (χ3n) is 4.96. The number of anilines is 1. The molecule has 1 fully saturated rings. The van der Waals surface area contributed by atoms with Crippen LogP contribution in [0, 0.1) is 0 Å². The van der Waals surface area contributed by atoms with E-state index >= 15 is 0 Å². The zero-order valence-corrected chi connectivity index (χ0v) is 18.0. The van der Waals surface area contributed by atoms with Crippen LogP contribution < -0.4 is 10.1 Å². The van der Waals surface area contributed by atoms with Crippen LogP contribution in [0.2, 0.25) is 0 Å². The fourth-order valence-electron chi connectivity index (χ4n) is 3.38. The molecule has 3 aromatic rings. The monoisotopic (exact) mass is 440 g/mol. The Labute approximate surface area is 184 Å². The van der Waals surface area contributed by atoms with Crippen molar-refractivity contribution in [2.45, 2.75) is 30.6 Å². The Morgan fingerprint density at radius 1 is 1.23 bits per heavy atom. The molecule has 4 rings (SSSR count). The summed E-state index contributed by atoms with van der Waals surface area (Å²) in [6.45, 7) is 1.40. The average Bonchev–Trinajstić information content (AvgIpc) is 3.44. The van der Waals surface area contributed by atoms with E-state index in [4.69, 9.17) is 9.47 Å². The van der Waals surface area contributed by atoms with Crippen LogP contribution in [-0.2, 0) is 16.1 Å². The lowest BCUT2D eigenvalue weighted by molar-refractivity contribution is -0.113. The Hall–Kier alpha value is -3.04. The highest BCUT2D eigenvalue weighted by Gasteiger charge is 2.22. The van der Waals surface area contributed by atoms with E-state index in [1.165, 1.54) is 23.9 Å². The van der Waals surface area contributed by atoms with Gasteiger partial charge in [0.25, 0.3) is 0 Å². The summed E-state index contributed by atoms with van der Waals surface area (Å²) in [4.78, 5) is 12.4. The van der Waals surface area contributed by atoms with Gasteiger partial charge >= 0.3 is 0 Å². The number of benzene rings is 2. The van der Waals surface area contributed by atoms with Crippen molar-refractivity contribution in [1.82, 2.24) is 14.8 Å². The van der Waals surface area contributed by atoms with Crippen molar-refractivity contribution in [3.05, 3.63) is 48.5 Å². The van der Waals surface area contributed by atoms with Gasteiger partial charge in [-0.2, -0.15) is 0 Å². The number of hydrogen-bond donors (Lipinski definition) is 2. The van der Waals surface area contributed by atoms with Crippen LogP contribution in [0.15, 0.2) is 53.7 Å². The predicted molar refractivity (Wildman–Crippen MR) is 118 cm³/mol. The predicted octanol–water partition coefficient (Wildman–Crippen LogP) is 3.57. The summed E-state index contributed by atoms with van der Waals surface area (Å²) >= 11 is 1.33. The maximum Gasteiger partial charge on any atom is 0.234 e. The molecular formula is C22H24N4O4S. The number of nitrogens with one attached hydrogen (secondary N) is 1. The standard InChI is InChI=1S/C22H24N4O4S/c1-29-18-10-4-15(5-11-18)21-24-25-22(26(21)13-19-3-2-12-30-19)31-14-20(28)23-16-6-8-17(27)9-7-16/h4-11,19,27H,2-3,12-14H2,1H3,(H,23,28). The van der Waals surface area contributed by atoms with Gasteiger partial charge in [0.2, 0.25) is 5.91 Å². The highest BCUT2D eigenvalue weighted by molar-refractivity contribution is 7.99. The summed E-state index contributed by atoms with van der Waals surface area (Å²) in [6, 6.07) is 14.0. The fraction of sp³-hybridized carbons (Fsp3) is 0.318. The van der Waals surface area contributed by atoms with Crippen molar-refractivity contribution < 1.29 is 19.4 Å². The van der Waals surface area contributed by atoms with Crippen molar-refractivity contribution in [2.24, 2.45) is 0 Å². The molecule has 1 aromatic heterocycles. The molecule has 8 nitrogen and oxygen atoms in total. The smallest absolute Gasteiger partial charge is 0.234 e. The summed E-state index contributed by atoms with van der Waals surface area (Å²) in [5.74, 6) is 1.69. The van der Waals surface area contributed by atoms with E-state index in [0.717, 1.165) is 36.6 Å². The molecule has 1 aliphatic rings. The first-order chi connectivity index (χ1) is 15.1. The molecule has 2 heterocycles. The average molecular weight is 441 g/mol. The summed E-state index contributed by atoms with van der Waals surface area (Å²) in [7, 11) is 1.63. The lowest BCUT2D eigenvalue weighted by Crippen LogP contribution is -2.18. The molecule has 9 heteroatoms. The van der Waals surface area contributed by atoms with Gasteiger partial charge in [-0.05, 0) is 61.4 Å². The number of hydrogen-bond acceptors (Lipinski definition) is 7. The highest BCUT2D eigenvalue weighted by atomic mass is 32.2. The minimum atomic E-state index is -0.159.